The maximum atomic E-state index is 5.10. The molecule has 1 aromatic carbocycles. The average molecular weight is 320 g/mol. The minimum Gasteiger partial charge on any atom is -0.472 e. The van der Waals surface area contributed by atoms with Crippen molar-refractivity contribution < 1.29 is 4.42 Å². The van der Waals surface area contributed by atoms with Gasteiger partial charge in [-0.3, -0.25) is 0 Å². The number of rotatable bonds is 2. The molecule has 0 aliphatic carbocycles. The van der Waals surface area contributed by atoms with Crippen LogP contribution in [-0.2, 0) is 0 Å². The zero-order valence-corrected chi connectivity index (χ0v) is 12.1. The van der Waals surface area contributed by atoms with Gasteiger partial charge in [0.2, 0.25) is 0 Å². The van der Waals surface area contributed by atoms with Crippen LogP contribution in [0.15, 0.2) is 51.7 Å². The van der Waals surface area contributed by atoms with E-state index in [-0.39, 0.29) is 0 Å². The molecule has 0 unspecified atom stereocenters. The first-order valence-electron chi connectivity index (χ1n) is 5.50. The molecule has 90 valence electrons. The van der Waals surface area contributed by atoms with E-state index in [1.807, 2.05) is 18.2 Å². The number of benzene rings is 1. The molecule has 2 heterocycles. The van der Waals surface area contributed by atoms with E-state index < -0.39 is 0 Å². The second-order valence-corrected chi connectivity index (χ2v) is 6.06. The van der Waals surface area contributed by atoms with Gasteiger partial charge in [0.25, 0.3) is 0 Å². The second-order valence-electron chi connectivity index (χ2n) is 3.94. The van der Waals surface area contributed by atoms with Crippen LogP contribution >= 0.6 is 27.3 Å². The van der Waals surface area contributed by atoms with Crippen molar-refractivity contribution in [3.05, 3.63) is 52.2 Å². The Labute approximate surface area is 117 Å². The quantitative estimate of drug-likeness (QED) is 0.653. The lowest BCUT2D eigenvalue weighted by atomic mass is 10.1. The fraction of sp³-hybridized carbons (Fsp3) is 0.0714. The zero-order chi connectivity index (χ0) is 12.5. The number of aromatic nitrogens is 1. The third-order valence-corrected chi connectivity index (χ3v) is 4.23. The standard InChI is InChI=1S/C14H10BrNOS/c1-9-13(10-2-4-12(15)5-3-10)16-14(18-9)11-6-7-17-8-11/h2-8H,1H3. The van der Waals surface area contributed by atoms with E-state index in [2.05, 4.69) is 35.0 Å². The summed E-state index contributed by atoms with van der Waals surface area (Å²) in [5.74, 6) is 0. The molecule has 18 heavy (non-hydrogen) atoms. The largest absolute Gasteiger partial charge is 0.472 e. The number of nitrogens with zero attached hydrogens (tertiary/aromatic N) is 1. The fourth-order valence-corrected chi connectivity index (χ4v) is 2.97. The molecule has 3 aromatic rings. The maximum Gasteiger partial charge on any atom is 0.127 e. The summed E-state index contributed by atoms with van der Waals surface area (Å²) in [4.78, 5) is 5.91. The molecular formula is C14H10BrNOS. The number of thiazole rings is 1. The molecule has 0 atom stereocenters. The topological polar surface area (TPSA) is 26.0 Å². The van der Waals surface area contributed by atoms with Gasteiger partial charge in [-0.05, 0) is 25.1 Å². The van der Waals surface area contributed by atoms with E-state index in [0.29, 0.717) is 0 Å². The summed E-state index contributed by atoms with van der Waals surface area (Å²) < 4.78 is 6.18. The molecule has 3 rings (SSSR count). The van der Waals surface area contributed by atoms with Crippen LogP contribution in [-0.4, -0.2) is 4.98 Å². The van der Waals surface area contributed by atoms with Gasteiger partial charge < -0.3 is 4.42 Å². The molecule has 2 aromatic heterocycles. The van der Waals surface area contributed by atoms with Crippen LogP contribution in [0.5, 0.6) is 0 Å². The predicted molar refractivity (Wildman–Crippen MR) is 77.7 cm³/mol. The minimum absolute atomic E-state index is 0.999. The Morgan fingerprint density at radius 3 is 2.56 bits per heavy atom. The summed E-state index contributed by atoms with van der Waals surface area (Å²) in [5.41, 5.74) is 3.22. The van der Waals surface area contributed by atoms with Gasteiger partial charge in [0.1, 0.15) is 11.3 Å². The molecule has 0 amide bonds. The number of furan rings is 1. The van der Waals surface area contributed by atoms with Gasteiger partial charge in [-0.2, -0.15) is 0 Å². The zero-order valence-electron chi connectivity index (χ0n) is 9.68. The third-order valence-electron chi connectivity index (χ3n) is 2.68. The van der Waals surface area contributed by atoms with Crippen molar-refractivity contribution in [3.8, 4) is 21.8 Å². The van der Waals surface area contributed by atoms with Gasteiger partial charge in [-0.15, -0.1) is 11.3 Å². The summed E-state index contributed by atoms with van der Waals surface area (Å²) in [6, 6.07) is 10.2. The molecule has 0 bridgehead atoms. The number of aryl methyl sites for hydroxylation is 1. The highest BCUT2D eigenvalue weighted by atomic mass is 79.9. The monoisotopic (exact) mass is 319 g/mol. The maximum absolute atomic E-state index is 5.10. The number of hydrogen-bond acceptors (Lipinski definition) is 3. The van der Waals surface area contributed by atoms with Crippen LogP contribution in [0, 0.1) is 6.92 Å². The smallest absolute Gasteiger partial charge is 0.127 e. The molecule has 0 fully saturated rings. The minimum atomic E-state index is 0.999. The molecule has 0 aliphatic rings. The Bertz CT molecular complexity index is 656. The molecule has 0 aliphatic heterocycles. The van der Waals surface area contributed by atoms with Gasteiger partial charge in [-0.25, -0.2) is 4.98 Å². The first kappa shape index (κ1) is 11.7. The van der Waals surface area contributed by atoms with Crippen LogP contribution in [0.2, 0.25) is 0 Å². The summed E-state index contributed by atoms with van der Waals surface area (Å²) in [7, 11) is 0. The molecule has 2 nitrogen and oxygen atoms in total. The predicted octanol–water partition coefficient (Wildman–Crippen LogP) is 5.14. The van der Waals surface area contributed by atoms with Crippen LogP contribution in [0.4, 0.5) is 0 Å². The lowest BCUT2D eigenvalue weighted by Crippen LogP contribution is -1.80. The summed E-state index contributed by atoms with van der Waals surface area (Å²) in [6.07, 6.45) is 3.40. The van der Waals surface area contributed by atoms with Gasteiger partial charge in [-0.1, -0.05) is 28.1 Å². The van der Waals surface area contributed by atoms with Crippen LogP contribution in [0.25, 0.3) is 21.8 Å². The fourth-order valence-electron chi connectivity index (χ4n) is 1.78. The lowest BCUT2D eigenvalue weighted by molar-refractivity contribution is 0.568. The van der Waals surface area contributed by atoms with E-state index >= 15 is 0 Å². The van der Waals surface area contributed by atoms with Gasteiger partial charge >= 0.3 is 0 Å². The summed E-state index contributed by atoms with van der Waals surface area (Å²) >= 11 is 5.13. The normalized spacial score (nSPS) is 10.8. The van der Waals surface area contributed by atoms with Crippen molar-refractivity contribution in [2.75, 3.05) is 0 Å². The van der Waals surface area contributed by atoms with Crippen LogP contribution < -0.4 is 0 Å². The molecule has 0 saturated carbocycles. The van der Waals surface area contributed by atoms with Gasteiger partial charge in [0, 0.05) is 20.5 Å². The average Bonchev–Trinajstić information content (AvgIpc) is 2.99. The molecule has 0 saturated heterocycles. The first-order valence-corrected chi connectivity index (χ1v) is 7.11. The van der Waals surface area contributed by atoms with E-state index in [0.717, 1.165) is 26.3 Å². The Kier molecular flexibility index (Phi) is 3.06. The second kappa shape index (κ2) is 4.71. The van der Waals surface area contributed by atoms with Crippen molar-refractivity contribution in [2.45, 2.75) is 6.92 Å². The lowest BCUT2D eigenvalue weighted by Gasteiger charge is -1.98. The third kappa shape index (κ3) is 2.13. The van der Waals surface area contributed by atoms with Crippen molar-refractivity contribution in [2.24, 2.45) is 0 Å². The Hall–Kier alpha value is -1.39. The van der Waals surface area contributed by atoms with Crippen molar-refractivity contribution in [1.29, 1.82) is 0 Å². The van der Waals surface area contributed by atoms with Crippen molar-refractivity contribution >= 4 is 27.3 Å². The Morgan fingerprint density at radius 1 is 1.11 bits per heavy atom. The van der Waals surface area contributed by atoms with Crippen molar-refractivity contribution in [3.63, 3.8) is 0 Å². The van der Waals surface area contributed by atoms with E-state index in [4.69, 9.17) is 9.40 Å². The molecular weight excluding hydrogens is 310 g/mol. The SMILES string of the molecule is Cc1sc(-c2ccoc2)nc1-c1ccc(Br)cc1. The van der Waals surface area contributed by atoms with Gasteiger partial charge in [0.15, 0.2) is 0 Å². The summed E-state index contributed by atoms with van der Waals surface area (Å²) in [6.45, 7) is 2.10. The highest BCUT2D eigenvalue weighted by Gasteiger charge is 2.11. The molecule has 0 radical (unpaired) electrons. The molecule has 4 heteroatoms. The Morgan fingerprint density at radius 2 is 1.89 bits per heavy atom. The molecule has 0 N–H and O–H groups in total. The van der Waals surface area contributed by atoms with E-state index in [1.165, 1.54) is 4.88 Å². The first-order chi connectivity index (χ1) is 8.74. The number of hydrogen-bond donors (Lipinski definition) is 0. The van der Waals surface area contributed by atoms with E-state index in [9.17, 15) is 0 Å². The highest BCUT2D eigenvalue weighted by molar-refractivity contribution is 9.10. The van der Waals surface area contributed by atoms with Crippen LogP contribution in [0.1, 0.15) is 4.88 Å². The van der Waals surface area contributed by atoms with Crippen LogP contribution in [0.3, 0.4) is 0 Å². The Balaban J connectivity index is 2.06. The summed E-state index contributed by atoms with van der Waals surface area (Å²) in [5, 5.41) is 0.999. The molecule has 0 spiro atoms. The van der Waals surface area contributed by atoms with E-state index in [1.54, 1.807) is 23.9 Å². The van der Waals surface area contributed by atoms with Gasteiger partial charge in [0.05, 0.1) is 12.0 Å². The highest BCUT2D eigenvalue weighted by Crippen LogP contribution is 2.33. The number of halogens is 1. The van der Waals surface area contributed by atoms with Crippen molar-refractivity contribution in [1.82, 2.24) is 4.98 Å².